The molecule has 64 valence electrons. The van der Waals surface area contributed by atoms with Crippen molar-refractivity contribution in [3.05, 3.63) is 12.2 Å². The van der Waals surface area contributed by atoms with E-state index < -0.39 is 0 Å². The summed E-state index contributed by atoms with van der Waals surface area (Å²) in [5, 5.41) is 8.43. The highest BCUT2D eigenvalue weighted by Gasteiger charge is 2.01. The molecule has 0 bridgehead atoms. The number of allylic oxidation sites excluding steroid dienone is 1. The molecule has 2 heteroatoms. The van der Waals surface area contributed by atoms with E-state index in [1.54, 1.807) is 0 Å². The minimum Gasteiger partial charge on any atom is -0.396 e. The fraction of sp³-hybridized carbons (Fsp3) is 0.667. The van der Waals surface area contributed by atoms with Gasteiger partial charge in [0.25, 0.3) is 0 Å². The predicted molar refractivity (Wildman–Crippen MR) is 45.4 cm³/mol. The van der Waals surface area contributed by atoms with Crippen LogP contribution in [-0.2, 0) is 4.79 Å². The van der Waals surface area contributed by atoms with Crippen molar-refractivity contribution < 1.29 is 9.90 Å². The maximum absolute atomic E-state index is 11.0. The second kappa shape index (κ2) is 6.10. The highest BCUT2D eigenvalue weighted by Crippen LogP contribution is 2.06. The van der Waals surface area contributed by atoms with Crippen LogP contribution >= 0.6 is 0 Å². The minimum absolute atomic E-state index is 0.102. The van der Waals surface area contributed by atoms with Gasteiger partial charge >= 0.3 is 0 Å². The zero-order valence-electron chi connectivity index (χ0n) is 7.10. The summed E-state index contributed by atoms with van der Waals surface area (Å²) in [5.74, 6) is 0.186. The van der Waals surface area contributed by atoms with Crippen LogP contribution < -0.4 is 0 Å². The molecule has 0 heterocycles. The van der Waals surface area contributed by atoms with Gasteiger partial charge in [0.05, 0.1) is 0 Å². The van der Waals surface area contributed by atoms with Crippen molar-refractivity contribution >= 4 is 5.78 Å². The summed E-state index contributed by atoms with van der Waals surface area (Å²) in [5.41, 5.74) is 0.980. The lowest BCUT2D eigenvalue weighted by Gasteiger charge is -1.99. The van der Waals surface area contributed by atoms with E-state index in [1.165, 1.54) is 0 Å². The Balaban J connectivity index is 3.44. The summed E-state index contributed by atoms with van der Waals surface area (Å²) in [4.78, 5) is 11.0. The molecule has 0 fully saturated rings. The molecular weight excluding hydrogens is 140 g/mol. The zero-order chi connectivity index (χ0) is 8.69. The standard InChI is InChI=1S/C9H16O2/c1-3-8(2)7-9(11)5-4-6-10/h10H,2-7H2,1H3. The van der Waals surface area contributed by atoms with Gasteiger partial charge in [-0.1, -0.05) is 19.1 Å². The molecule has 11 heavy (non-hydrogen) atoms. The Morgan fingerprint density at radius 3 is 2.64 bits per heavy atom. The Bertz CT molecular complexity index is 138. The lowest BCUT2D eigenvalue weighted by atomic mass is 10.1. The van der Waals surface area contributed by atoms with Gasteiger partial charge in [-0.15, -0.1) is 0 Å². The first-order valence-corrected chi connectivity index (χ1v) is 4.00. The Kier molecular flexibility index (Phi) is 5.75. The normalized spacial score (nSPS) is 9.64. The molecule has 0 saturated carbocycles. The molecule has 0 aliphatic carbocycles. The van der Waals surface area contributed by atoms with Gasteiger partial charge in [-0.05, 0) is 12.8 Å². The topological polar surface area (TPSA) is 37.3 Å². The van der Waals surface area contributed by atoms with Crippen LogP contribution in [0.5, 0.6) is 0 Å². The molecule has 0 aromatic rings. The van der Waals surface area contributed by atoms with E-state index in [1.807, 2.05) is 6.92 Å². The minimum atomic E-state index is 0.102. The van der Waals surface area contributed by atoms with Crippen LogP contribution in [0.3, 0.4) is 0 Å². The lowest BCUT2D eigenvalue weighted by molar-refractivity contribution is -0.118. The van der Waals surface area contributed by atoms with Crippen LogP contribution in [0.25, 0.3) is 0 Å². The third-order valence-electron chi connectivity index (χ3n) is 1.56. The number of carbonyl (C=O) groups excluding carboxylic acids is 1. The van der Waals surface area contributed by atoms with E-state index in [4.69, 9.17) is 5.11 Å². The highest BCUT2D eigenvalue weighted by atomic mass is 16.3. The molecule has 0 aromatic carbocycles. The summed E-state index contributed by atoms with van der Waals surface area (Å²) in [6.07, 6.45) is 2.41. The number of carbonyl (C=O) groups is 1. The fourth-order valence-corrected chi connectivity index (χ4v) is 0.768. The van der Waals surface area contributed by atoms with Gasteiger partial charge < -0.3 is 5.11 Å². The number of rotatable bonds is 6. The van der Waals surface area contributed by atoms with Crippen molar-refractivity contribution in [2.24, 2.45) is 0 Å². The summed E-state index contributed by atoms with van der Waals surface area (Å²) >= 11 is 0. The second-order valence-electron chi connectivity index (χ2n) is 2.65. The molecule has 0 radical (unpaired) electrons. The molecule has 0 amide bonds. The number of ketones is 1. The predicted octanol–water partition coefficient (Wildman–Crippen LogP) is 1.68. The molecule has 0 unspecified atom stereocenters. The quantitative estimate of drug-likeness (QED) is 0.594. The van der Waals surface area contributed by atoms with Crippen LogP contribution in [0.4, 0.5) is 0 Å². The summed E-state index contributed by atoms with van der Waals surface area (Å²) in [6, 6.07) is 0. The molecule has 1 N–H and O–H groups in total. The number of Topliss-reactive ketones (excluding diaryl/α,β-unsaturated/α-hetero) is 1. The van der Waals surface area contributed by atoms with Crippen LogP contribution in [-0.4, -0.2) is 17.5 Å². The maximum Gasteiger partial charge on any atom is 0.137 e. The SMILES string of the molecule is C=C(CC)CC(=O)CCCO. The summed E-state index contributed by atoms with van der Waals surface area (Å²) < 4.78 is 0. The lowest BCUT2D eigenvalue weighted by Crippen LogP contribution is -2.00. The third kappa shape index (κ3) is 5.80. The van der Waals surface area contributed by atoms with Gasteiger partial charge in [0.15, 0.2) is 0 Å². The Morgan fingerprint density at radius 2 is 2.18 bits per heavy atom. The molecule has 0 saturated heterocycles. The van der Waals surface area contributed by atoms with Gasteiger partial charge in [0.2, 0.25) is 0 Å². The smallest absolute Gasteiger partial charge is 0.137 e. The largest absolute Gasteiger partial charge is 0.396 e. The Hall–Kier alpha value is -0.630. The average Bonchev–Trinajstić information content (AvgIpc) is 2.00. The molecule has 0 rings (SSSR count). The Morgan fingerprint density at radius 1 is 1.55 bits per heavy atom. The zero-order valence-corrected chi connectivity index (χ0v) is 7.10. The number of hydrogen-bond acceptors (Lipinski definition) is 2. The average molecular weight is 156 g/mol. The molecule has 0 spiro atoms. The highest BCUT2D eigenvalue weighted by molar-refractivity contribution is 5.80. The van der Waals surface area contributed by atoms with Crippen molar-refractivity contribution in [3.8, 4) is 0 Å². The number of aliphatic hydroxyl groups excluding tert-OH is 1. The van der Waals surface area contributed by atoms with Crippen LogP contribution in [0.2, 0.25) is 0 Å². The van der Waals surface area contributed by atoms with E-state index in [9.17, 15) is 4.79 Å². The van der Waals surface area contributed by atoms with Gasteiger partial charge in [-0.2, -0.15) is 0 Å². The molecule has 0 aromatic heterocycles. The molecular formula is C9H16O2. The summed E-state index contributed by atoms with van der Waals surface area (Å²) in [7, 11) is 0. The maximum atomic E-state index is 11.0. The van der Waals surface area contributed by atoms with Crippen LogP contribution in [0.15, 0.2) is 12.2 Å². The number of hydrogen-bond donors (Lipinski definition) is 1. The summed E-state index contributed by atoms with van der Waals surface area (Å²) in [6.45, 7) is 5.83. The van der Waals surface area contributed by atoms with Crippen molar-refractivity contribution in [1.82, 2.24) is 0 Å². The van der Waals surface area contributed by atoms with E-state index in [0.29, 0.717) is 19.3 Å². The molecule has 2 nitrogen and oxygen atoms in total. The first kappa shape index (κ1) is 10.4. The second-order valence-corrected chi connectivity index (χ2v) is 2.65. The van der Waals surface area contributed by atoms with Gasteiger partial charge in [0.1, 0.15) is 5.78 Å². The van der Waals surface area contributed by atoms with Gasteiger partial charge in [0, 0.05) is 19.4 Å². The van der Waals surface area contributed by atoms with Crippen molar-refractivity contribution in [2.45, 2.75) is 32.6 Å². The van der Waals surface area contributed by atoms with E-state index in [0.717, 1.165) is 12.0 Å². The van der Waals surface area contributed by atoms with Gasteiger partial charge in [-0.25, -0.2) is 0 Å². The van der Waals surface area contributed by atoms with E-state index in [-0.39, 0.29) is 12.4 Å². The van der Waals surface area contributed by atoms with E-state index in [2.05, 4.69) is 6.58 Å². The first-order valence-electron chi connectivity index (χ1n) is 4.00. The third-order valence-corrected chi connectivity index (χ3v) is 1.56. The van der Waals surface area contributed by atoms with Crippen molar-refractivity contribution in [1.29, 1.82) is 0 Å². The molecule has 0 atom stereocenters. The van der Waals surface area contributed by atoms with E-state index >= 15 is 0 Å². The van der Waals surface area contributed by atoms with Gasteiger partial charge in [-0.3, -0.25) is 4.79 Å². The number of aliphatic hydroxyl groups is 1. The van der Waals surface area contributed by atoms with Crippen molar-refractivity contribution in [3.63, 3.8) is 0 Å². The monoisotopic (exact) mass is 156 g/mol. The van der Waals surface area contributed by atoms with Crippen molar-refractivity contribution in [2.75, 3.05) is 6.61 Å². The molecule has 0 aliphatic rings. The van der Waals surface area contributed by atoms with Crippen LogP contribution in [0, 0.1) is 0 Å². The first-order chi connectivity index (χ1) is 5.20. The Labute approximate surface area is 67.9 Å². The fourth-order valence-electron chi connectivity index (χ4n) is 0.768. The molecule has 0 aliphatic heterocycles. The van der Waals surface area contributed by atoms with Crippen LogP contribution in [0.1, 0.15) is 32.6 Å².